The number of allylic oxidation sites excluding steroid dienone is 1. The molecule has 1 unspecified atom stereocenters. The number of rotatable bonds is 2. The summed E-state index contributed by atoms with van der Waals surface area (Å²) in [5, 5.41) is 10.2. The van der Waals surface area contributed by atoms with Crippen LogP contribution in [-0.2, 0) is 6.42 Å². The zero-order valence-electron chi connectivity index (χ0n) is 9.63. The summed E-state index contributed by atoms with van der Waals surface area (Å²) in [4.78, 5) is 0. The molecule has 0 aliphatic heterocycles. The van der Waals surface area contributed by atoms with Gasteiger partial charge in [0.15, 0.2) is 0 Å². The Balaban J connectivity index is 2.16. The van der Waals surface area contributed by atoms with Crippen LogP contribution in [0.4, 0.5) is 4.39 Å². The van der Waals surface area contributed by atoms with Crippen LogP contribution in [0, 0.1) is 5.82 Å². The van der Waals surface area contributed by atoms with E-state index in [9.17, 15) is 9.50 Å². The Kier molecular flexibility index (Phi) is 4.19. The molecule has 0 fully saturated rings. The second kappa shape index (κ2) is 5.65. The summed E-state index contributed by atoms with van der Waals surface area (Å²) in [6.45, 7) is 0. The van der Waals surface area contributed by atoms with Crippen LogP contribution in [0.2, 0.25) is 5.02 Å². The summed E-state index contributed by atoms with van der Waals surface area (Å²) >= 11 is 5.86. The number of hydrogen-bond donors (Lipinski definition) is 1. The van der Waals surface area contributed by atoms with Gasteiger partial charge in [-0.25, -0.2) is 4.39 Å². The van der Waals surface area contributed by atoms with Crippen LogP contribution in [0.5, 0.6) is 0 Å². The van der Waals surface area contributed by atoms with Gasteiger partial charge in [-0.2, -0.15) is 0 Å². The molecular formula is C14H16ClFO. The Morgan fingerprint density at radius 2 is 2.18 bits per heavy atom. The van der Waals surface area contributed by atoms with Crippen molar-refractivity contribution >= 4 is 11.6 Å². The van der Waals surface area contributed by atoms with Gasteiger partial charge in [0.2, 0.25) is 0 Å². The maximum absolute atomic E-state index is 13.6. The van der Waals surface area contributed by atoms with Crippen molar-refractivity contribution in [3.8, 4) is 0 Å². The molecule has 1 N–H and O–H groups in total. The maximum Gasteiger partial charge on any atom is 0.126 e. The summed E-state index contributed by atoms with van der Waals surface area (Å²) in [7, 11) is 0. The lowest BCUT2D eigenvalue weighted by atomic mass is 10.0. The monoisotopic (exact) mass is 254 g/mol. The minimum Gasteiger partial charge on any atom is -0.389 e. The van der Waals surface area contributed by atoms with Gasteiger partial charge in [0.25, 0.3) is 0 Å². The van der Waals surface area contributed by atoms with Crippen LogP contribution in [0.1, 0.15) is 31.2 Å². The molecule has 92 valence electrons. The van der Waals surface area contributed by atoms with Crippen LogP contribution in [0.15, 0.2) is 29.8 Å². The van der Waals surface area contributed by atoms with Crippen molar-refractivity contribution in [1.82, 2.24) is 0 Å². The smallest absolute Gasteiger partial charge is 0.126 e. The maximum atomic E-state index is 13.6. The number of hydrogen-bond acceptors (Lipinski definition) is 1. The van der Waals surface area contributed by atoms with Crippen molar-refractivity contribution < 1.29 is 9.50 Å². The molecule has 17 heavy (non-hydrogen) atoms. The molecule has 0 saturated carbocycles. The molecule has 0 saturated heterocycles. The number of aliphatic hydroxyl groups is 1. The highest BCUT2D eigenvalue weighted by molar-refractivity contribution is 6.30. The van der Waals surface area contributed by atoms with Crippen molar-refractivity contribution in [1.29, 1.82) is 0 Å². The SMILES string of the molecule is OC1C=C(Cc2cc(Cl)ccc2F)CCCC1. The molecule has 1 nitrogen and oxygen atoms in total. The molecule has 3 heteroatoms. The van der Waals surface area contributed by atoms with Gasteiger partial charge < -0.3 is 5.11 Å². The van der Waals surface area contributed by atoms with Crippen LogP contribution in [0.25, 0.3) is 0 Å². The van der Waals surface area contributed by atoms with Gasteiger partial charge in [-0.05, 0) is 49.4 Å². The first-order chi connectivity index (χ1) is 8.15. The van der Waals surface area contributed by atoms with Gasteiger partial charge in [0.05, 0.1) is 6.10 Å². The lowest BCUT2D eigenvalue weighted by Gasteiger charge is -2.08. The average molecular weight is 255 g/mol. The van der Waals surface area contributed by atoms with E-state index in [1.807, 2.05) is 6.08 Å². The quantitative estimate of drug-likeness (QED) is 0.794. The normalized spacial score (nSPS) is 20.9. The van der Waals surface area contributed by atoms with E-state index in [4.69, 9.17) is 11.6 Å². The van der Waals surface area contributed by atoms with Crippen molar-refractivity contribution in [2.24, 2.45) is 0 Å². The lowest BCUT2D eigenvalue weighted by molar-refractivity contribution is 0.211. The van der Waals surface area contributed by atoms with Gasteiger partial charge in [-0.15, -0.1) is 0 Å². The Hall–Kier alpha value is -0.860. The van der Waals surface area contributed by atoms with Gasteiger partial charge in [-0.3, -0.25) is 0 Å². The van der Waals surface area contributed by atoms with Crippen molar-refractivity contribution in [2.45, 2.75) is 38.2 Å². The molecule has 0 amide bonds. The molecule has 1 aliphatic rings. The van der Waals surface area contributed by atoms with Crippen LogP contribution in [0.3, 0.4) is 0 Å². The van der Waals surface area contributed by atoms with Crippen molar-refractivity contribution in [3.05, 3.63) is 46.3 Å². The predicted molar refractivity (Wildman–Crippen MR) is 67.7 cm³/mol. The van der Waals surface area contributed by atoms with Crippen molar-refractivity contribution in [2.75, 3.05) is 0 Å². The van der Waals surface area contributed by atoms with E-state index in [1.165, 1.54) is 6.07 Å². The predicted octanol–water partition coefficient (Wildman–Crippen LogP) is 3.88. The summed E-state index contributed by atoms with van der Waals surface area (Å²) in [5.74, 6) is -0.228. The first-order valence-electron chi connectivity index (χ1n) is 5.97. The lowest BCUT2D eigenvalue weighted by Crippen LogP contribution is -2.01. The third-order valence-electron chi connectivity index (χ3n) is 3.10. The second-order valence-corrected chi connectivity index (χ2v) is 4.99. The molecule has 0 heterocycles. The number of halogens is 2. The molecule has 1 aromatic rings. The third-order valence-corrected chi connectivity index (χ3v) is 3.34. The van der Waals surface area contributed by atoms with E-state index in [1.54, 1.807) is 12.1 Å². The van der Waals surface area contributed by atoms with Gasteiger partial charge in [0.1, 0.15) is 5.82 Å². The summed E-state index contributed by atoms with van der Waals surface area (Å²) < 4.78 is 13.6. The van der Waals surface area contributed by atoms with E-state index in [0.29, 0.717) is 17.0 Å². The molecule has 1 aliphatic carbocycles. The fourth-order valence-corrected chi connectivity index (χ4v) is 2.41. The molecule has 0 radical (unpaired) electrons. The molecule has 1 aromatic carbocycles. The standard InChI is InChI=1S/C14H16ClFO/c15-12-5-6-14(16)11(9-12)7-10-3-1-2-4-13(17)8-10/h5-6,8-9,13,17H,1-4,7H2. The molecular weight excluding hydrogens is 239 g/mol. The molecule has 0 bridgehead atoms. The molecule has 2 rings (SSSR count). The highest BCUT2D eigenvalue weighted by Crippen LogP contribution is 2.24. The van der Waals surface area contributed by atoms with E-state index in [0.717, 1.165) is 31.3 Å². The van der Waals surface area contributed by atoms with E-state index >= 15 is 0 Å². The minimum atomic E-state index is -0.380. The van der Waals surface area contributed by atoms with Gasteiger partial charge in [0, 0.05) is 5.02 Å². The third kappa shape index (κ3) is 3.55. The molecule has 1 atom stereocenters. The largest absolute Gasteiger partial charge is 0.389 e. The van der Waals surface area contributed by atoms with Crippen LogP contribution in [-0.4, -0.2) is 11.2 Å². The van der Waals surface area contributed by atoms with Gasteiger partial charge in [-0.1, -0.05) is 29.7 Å². The summed E-state index contributed by atoms with van der Waals surface area (Å²) in [5.41, 5.74) is 1.72. The van der Waals surface area contributed by atoms with E-state index in [-0.39, 0.29) is 11.9 Å². The van der Waals surface area contributed by atoms with E-state index < -0.39 is 0 Å². The van der Waals surface area contributed by atoms with E-state index in [2.05, 4.69) is 0 Å². The topological polar surface area (TPSA) is 20.2 Å². The summed E-state index contributed by atoms with van der Waals surface area (Å²) in [6, 6.07) is 4.61. The van der Waals surface area contributed by atoms with Crippen LogP contribution >= 0.6 is 11.6 Å². The second-order valence-electron chi connectivity index (χ2n) is 4.55. The van der Waals surface area contributed by atoms with Crippen LogP contribution < -0.4 is 0 Å². The highest BCUT2D eigenvalue weighted by Gasteiger charge is 2.11. The van der Waals surface area contributed by atoms with Gasteiger partial charge >= 0.3 is 0 Å². The Morgan fingerprint density at radius 3 is 3.00 bits per heavy atom. The number of aliphatic hydroxyl groups excluding tert-OH is 1. The fourth-order valence-electron chi connectivity index (χ4n) is 2.22. The Morgan fingerprint density at radius 1 is 1.35 bits per heavy atom. The fraction of sp³-hybridized carbons (Fsp3) is 0.429. The Labute approximate surface area is 106 Å². The minimum absolute atomic E-state index is 0.228. The first-order valence-corrected chi connectivity index (χ1v) is 6.34. The number of benzene rings is 1. The first kappa shape index (κ1) is 12.6. The molecule has 0 spiro atoms. The molecule has 0 aromatic heterocycles. The van der Waals surface area contributed by atoms with Crippen molar-refractivity contribution in [3.63, 3.8) is 0 Å². The highest BCUT2D eigenvalue weighted by atomic mass is 35.5. The zero-order valence-corrected chi connectivity index (χ0v) is 10.4. The summed E-state index contributed by atoms with van der Waals surface area (Å²) in [6.07, 6.45) is 5.86. The zero-order chi connectivity index (χ0) is 12.3. The Bertz CT molecular complexity index is 428. The average Bonchev–Trinajstić information content (AvgIpc) is 2.48.